The first-order chi connectivity index (χ1) is 19.1. The van der Waals surface area contributed by atoms with Gasteiger partial charge in [0.05, 0.1) is 11.6 Å². The van der Waals surface area contributed by atoms with Gasteiger partial charge in [-0.25, -0.2) is 19.8 Å². The van der Waals surface area contributed by atoms with Crippen molar-refractivity contribution in [3.05, 3.63) is 47.7 Å². The van der Waals surface area contributed by atoms with Gasteiger partial charge in [-0.2, -0.15) is 0 Å². The van der Waals surface area contributed by atoms with E-state index in [1.807, 2.05) is 0 Å². The van der Waals surface area contributed by atoms with Gasteiger partial charge in [-0.3, -0.25) is 24.5 Å². The van der Waals surface area contributed by atoms with Crippen molar-refractivity contribution < 1.29 is 43.8 Å². The number of nitrogens with one attached hydrogen (secondary N) is 2. The van der Waals surface area contributed by atoms with Crippen molar-refractivity contribution in [1.29, 1.82) is 0 Å². The molecule has 0 bridgehead atoms. The molecule has 3 heterocycles. The van der Waals surface area contributed by atoms with E-state index in [2.05, 4.69) is 33.9 Å². The summed E-state index contributed by atoms with van der Waals surface area (Å²) in [6.07, 6.45) is 1.91. The minimum Gasteiger partial charge on any atom is -0.481 e. The fourth-order valence-corrected chi connectivity index (χ4v) is 5.01. The molecule has 3 atom stereocenters. The SMILES string of the molecule is C=CCOC(=O)Nc1nc(/C(=N/OC)C(=O)N[C@H]2CN3CC(C(CC)C(=O)O)=C(C(C=C)C(=O)O)N3C2=O)cs1. The van der Waals surface area contributed by atoms with Crippen LogP contribution >= 0.6 is 11.3 Å². The van der Waals surface area contributed by atoms with Crippen molar-refractivity contribution in [3.63, 3.8) is 0 Å². The van der Waals surface area contributed by atoms with E-state index in [1.165, 1.54) is 23.6 Å². The molecule has 0 aliphatic carbocycles. The number of ether oxygens (including phenoxy) is 1. The lowest BCUT2D eigenvalue weighted by molar-refractivity contribution is -0.142. The van der Waals surface area contributed by atoms with E-state index in [0.717, 1.165) is 22.4 Å². The third-order valence-electron chi connectivity index (χ3n) is 6.01. The zero-order chi connectivity index (χ0) is 29.6. The molecular weight excluding hydrogens is 548 g/mol. The molecule has 4 N–H and O–H groups in total. The van der Waals surface area contributed by atoms with Crippen LogP contribution in [0.5, 0.6) is 0 Å². The lowest BCUT2D eigenvalue weighted by Gasteiger charge is -2.24. The van der Waals surface area contributed by atoms with Crippen molar-refractivity contribution in [2.24, 2.45) is 17.0 Å². The van der Waals surface area contributed by atoms with E-state index in [0.29, 0.717) is 0 Å². The highest BCUT2D eigenvalue weighted by molar-refractivity contribution is 7.14. The van der Waals surface area contributed by atoms with E-state index in [1.54, 1.807) is 6.92 Å². The summed E-state index contributed by atoms with van der Waals surface area (Å²) in [5, 5.41) is 32.3. The topological polar surface area (TPSA) is 200 Å². The summed E-state index contributed by atoms with van der Waals surface area (Å²) in [6.45, 7) is 8.55. The maximum Gasteiger partial charge on any atom is 0.413 e. The molecule has 0 radical (unpaired) electrons. The fourth-order valence-electron chi connectivity index (χ4n) is 4.32. The fraction of sp³-hybridized carbons (Fsp3) is 0.375. The van der Waals surface area contributed by atoms with Crippen LogP contribution in [0, 0.1) is 11.8 Å². The second kappa shape index (κ2) is 13.0. The molecule has 1 aromatic rings. The van der Waals surface area contributed by atoms with Crippen LogP contribution in [0.3, 0.4) is 0 Å². The van der Waals surface area contributed by atoms with Crippen molar-refractivity contribution in [2.45, 2.75) is 19.4 Å². The van der Waals surface area contributed by atoms with Gasteiger partial charge in [0, 0.05) is 18.5 Å². The molecule has 16 heteroatoms. The number of aromatic nitrogens is 1. The molecule has 1 fully saturated rings. The maximum absolute atomic E-state index is 13.4. The molecule has 0 aromatic carbocycles. The molecule has 1 saturated heterocycles. The van der Waals surface area contributed by atoms with Gasteiger partial charge in [-0.15, -0.1) is 17.9 Å². The van der Waals surface area contributed by atoms with Crippen LogP contribution in [0.15, 0.2) is 47.1 Å². The predicted molar refractivity (Wildman–Crippen MR) is 141 cm³/mol. The molecular formula is C24H28N6O9S. The highest BCUT2D eigenvalue weighted by Crippen LogP contribution is 2.38. The number of fused-ring (bicyclic) bond motifs is 1. The van der Waals surface area contributed by atoms with Gasteiger partial charge in [0.1, 0.15) is 31.4 Å². The number of carbonyl (C=O) groups is 5. The first kappa shape index (κ1) is 30.0. The smallest absolute Gasteiger partial charge is 0.413 e. The monoisotopic (exact) mass is 576 g/mol. The molecule has 3 rings (SSSR count). The first-order valence-corrected chi connectivity index (χ1v) is 12.8. The molecule has 2 unspecified atom stereocenters. The molecule has 0 spiro atoms. The lowest BCUT2D eigenvalue weighted by atomic mass is 9.90. The van der Waals surface area contributed by atoms with Crippen LogP contribution in [-0.4, -0.2) is 93.6 Å². The van der Waals surface area contributed by atoms with Crippen molar-refractivity contribution in [3.8, 4) is 0 Å². The largest absolute Gasteiger partial charge is 0.481 e. The van der Waals surface area contributed by atoms with Gasteiger partial charge >= 0.3 is 18.0 Å². The van der Waals surface area contributed by atoms with E-state index in [-0.39, 0.29) is 53.9 Å². The first-order valence-electron chi connectivity index (χ1n) is 11.9. The zero-order valence-electron chi connectivity index (χ0n) is 21.7. The number of amides is 3. The van der Waals surface area contributed by atoms with Crippen LogP contribution in [0.4, 0.5) is 9.93 Å². The molecule has 2 aliphatic heterocycles. The Kier molecular flexibility index (Phi) is 9.73. The van der Waals surface area contributed by atoms with E-state index in [4.69, 9.17) is 9.57 Å². The quantitative estimate of drug-likeness (QED) is 0.149. The Balaban J connectivity index is 1.83. The summed E-state index contributed by atoms with van der Waals surface area (Å²) >= 11 is 0.988. The summed E-state index contributed by atoms with van der Waals surface area (Å²) in [6, 6.07) is -1.12. The zero-order valence-corrected chi connectivity index (χ0v) is 22.5. The van der Waals surface area contributed by atoms with Crippen LogP contribution in [0.2, 0.25) is 0 Å². The summed E-state index contributed by atoms with van der Waals surface area (Å²) in [7, 11) is 1.21. The minimum absolute atomic E-state index is 0.00263. The van der Waals surface area contributed by atoms with Gasteiger partial charge in [0.15, 0.2) is 10.8 Å². The summed E-state index contributed by atoms with van der Waals surface area (Å²) in [5.74, 6) is -6.29. The number of anilines is 1. The molecule has 15 nitrogen and oxygen atoms in total. The second-order valence-corrected chi connectivity index (χ2v) is 9.31. The number of thiazole rings is 1. The highest BCUT2D eigenvalue weighted by Gasteiger charge is 2.50. The second-order valence-electron chi connectivity index (χ2n) is 8.46. The van der Waals surface area contributed by atoms with Crippen molar-refractivity contribution in [1.82, 2.24) is 20.3 Å². The van der Waals surface area contributed by atoms with Crippen LogP contribution in [0.1, 0.15) is 19.0 Å². The Labute approximate surface area is 232 Å². The van der Waals surface area contributed by atoms with Gasteiger partial charge < -0.3 is 25.1 Å². The Bertz CT molecular complexity index is 1290. The average Bonchev–Trinajstić information content (AvgIpc) is 3.58. The number of rotatable bonds is 13. The Hall–Kier alpha value is -4.57. The Morgan fingerprint density at radius 1 is 1.30 bits per heavy atom. The number of aliphatic carboxylic acids is 2. The number of hydrogen-bond donors (Lipinski definition) is 4. The number of nitrogens with zero attached hydrogens (tertiary/aromatic N) is 4. The summed E-state index contributed by atoms with van der Waals surface area (Å²) in [5.41, 5.74) is 0.0466. The maximum atomic E-state index is 13.4. The van der Waals surface area contributed by atoms with Gasteiger partial charge in [-0.05, 0) is 12.0 Å². The van der Waals surface area contributed by atoms with Crippen LogP contribution in [-0.2, 0) is 28.8 Å². The number of carboxylic acids is 2. The Morgan fingerprint density at radius 3 is 2.60 bits per heavy atom. The van der Waals surface area contributed by atoms with Gasteiger partial charge in [0.2, 0.25) is 0 Å². The van der Waals surface area contributed by atoms with E-state index in [9.17, 15) is 34.2 Å². The normalized spacial score (nSPS) is 18.6. The van der Waals surface area contributed by atoms with Gasteiger partial charge in [0.25, 0.3) is 11.8 Å². The third kappa shape index (κ3) is 6.18. The number of hydrogen-bond acceptors (Lipinski definition) is 11. The lowest BCUT2D eigenvalue weighted by Crippen LogP contribution is -2.46. The molecule has 3 amide bonds. The molecule has 0 saturated carbocycles. The van der Waals surface area contributed by atoms with Crippen LogP contribution < -0.4 is 10.6 Å². The molecule has 40 heavy (non-hydrogen) atoms. The molecule has 2 aliphatic rings. The molecule has 214 valence electrons. The summed E-state index contributed by atoms with van der Waals surface area (Å²) in [4.78, 5) is 71.1. The minimum atomic E-state index is -1.35. The van der Waals surface area contributed by atoms with Gasteiger partial charge in [-0.1, -0.05) is 30.8 Å². The number of hydrazine groups is 1. The predicted octanol–water partition coefficient (Wildman–Crippen LogP) is 1.04. The highest BCUT2D eigenvalue weighted by atomic mass is 32.1. The number of carboxylic acid groups (broad SMARTS) is 2. The van der Waals surface area contributed by atoms with E-state index < -0.39 is 47.7 Å². The summed E-state index contributed by atoms with van der Waals surface area (Å²) < 4.78 is 4.83. The third-order valence-corrected chi connectivity index (χ3v) is 6.77. The van der Waals surface area contributed by atoms with Crippen LogP contribution in [0.25, 0.3) is 0 Å². The number of oxime groups is 1. The Morgan fingerprint density at radius 2 is 2.02 bits per heavy atom. The average molecular weight is 577 g/mol. The number of carbonyl (C=O) groups excluding carboxylic acids is 3. The van der Waals surface area contributed by atoms with E-state index >= 15 is 0 Å². The standard InChI is InChI=1S/C24H28N6O9S/c1-5-8-39-24(37)27-23-26-16(11-40-23)17(28-38-4)19(31)25-15-10-29-9-14(12(6-2)21(33)34)18(30(29)20(15)32)13(7-3)22(35)36/h5,7,11-13,15H,1,3,6,8-10H2,2,4H3,(H,25,31)(H,33,34)(H,35,36)(H,26,27,37)/b28-17-/t12?,13?,15-/m0/s1. The van der Waals surface area contributed by atoms with Crippen molar-refractivity contribution in [2.75, 3.05) is 32.1 Å². The van der Waals surface area contributed by atoms with Crippen molar-refractivity contribution >= 4 is 52.0 Å². The molecule has 1 aromatic heterocycles.